The number of nitrogens with zero attached hydrogens (tertiary/aromatic N) is 1. The third-order valence-corrected chi connectivity index (χ3v) is 7.16. The second kappa shape index (κ2) is 10.7. The van der Waals surface area contributed by atoms with Crippen LogP contribution in [-0.4, -0.2) is 65.2 Å². The van der Waals surface area contributed by atoms with Gasteiger partial charge in [-0.2, -0.15) is 11.8 Å². The van der Waals surface area contributed by atoms with Crippen LogP contribution in [0.1, 0.15) is 36.3 Å². The number of carboxylic acid groups (broad SMARTS) is 1. The molecule has 0 bridgehead atoms. The molecule has 1 heterocycles. The molecule has 1 atom stereocenters. The van der Waals surface area contributed by atoms with Gasteiger partial charge in [-0.25, -0.2) is 4.79 Å². The first-order valence-electron chi connectivity index (χ1n) is 11.2. The van der Waals surface area contributed by atoms with Crippen LogP contribution in [-0.2, 0) is 14.3 Å². The van der Waals surface area contributed by atoms with Crippen molar-refractivity contribution in [3.05, 3.63) is 59.7 Å². The number of alkyl carbamates (subject to hydrolysis) is 1. The van der Waals surface area contributed by atoms with Gasteiger partial charge in [-0.05, 0) is 40.8 Å². The fourth-order valence-corrected chi connectivity index (χ4v) is 5.38. The minimum atomic E-state index is -1.01. The zero-order chi connectivity index (χ0) is 23.2. The Balaban J connectivity index is 1.42. The average Bonchev–Trinajstić information content (AvgIpc) is 2.95. The molecule has 1 saturated heterocycles. The molecular formula is C25H28N2O5S. The number of carboxylic acids is 1. The van der Waals surface area contributed by atoms with Crippen LogP contribution in [0.4, 0.5) is 4.79 Å². The molecule has 174 valence electrons. The summed E-state index contributed by atoms with van der Waals surface area (Å²) in [5.74, 6) is 0.492. The molecule has 0 spiro atoms. The Kier molecular flexibility index (Phi) is 7.54. The molecule has 7 nitrogen and oxygen atoms in total. The third kappa shape index (κ3) is 5.50. The van der Waals surface area contributed by atoms with E-state index < -0.39 is 18.1 Å². The van der Waals surface area contributed by atoms with E-state index in [1.165, 1.54) is 0 Å². The molecule has 2 N–H and O–H groups in total. The number of thioether (sulfide) groups is 1. The minimum Gasteiger partial charge on any atom is -0.481 e. The number of fused-ring (bicyclic) bond motifs is 3. The Morgan fingerprint density at radius 3 is 2.36 bits per heavy atom. The highest BCUT2D eigenvalue weighted by atomic mass is 32.2. The largest absolute Gasteiger partial charge is 0.481 e. The summed E-state index contributed by atoms with van der Waals surface area (Å²) in [5.41, 5.74) is 4.48. The van der Waals surface area contributed by atoms with Gasteiger partial charge in [0.15, 0.2) is 0 Å². The van der Waals surface area contributed by atoms with Crippen LogP contribution in [0.25, 0.3) is 11.1 Å². The Bertz CT molecular complexity index is 974. The number of hydrogen-bond donors (Lipinski definition) is 2. The van der Waals surface area contributed by atoms with E-state index in [9.17, 15) is 14.4 Å². The maximum atomic E-state index is 13.0. The van der Waals surface area contributed by atoms with E-state index in [4.69, 9.17) is 9.84 Å². The predicted octanol–water partition coefficient (Wildman–Crippen LogP) is 3.72. The number of carbonyl (C=O) groups is 3. The van der Waals surface area contributed by atoms with Crippen LogP contribution in [0, 0.1) is 0 Å². The van der Waals surface area contributed by atoms with Crippen molar-refractivity contribution in [3.63, 3.8) is 0 Å². The molecule has 2 aliphatic rings. The van der Waals surface area contributed by atoms with Gasteiger partial charge in [0, 0.05) is 31.2 Å². The van der Waals surface area contributed by atoms with Gasteiger partial charge in [0.25, 0.3) is 0 Å². The number of nitrogens with one attached hydrogen (secondary N) is 1. The molecule has 1 fully saturated rings. The highest BCUT2D eigenvalue weighted by Gasteiger charge is 2.31. The van der Waals surface area contributed by atoms with Gasteiger partial charge in [-0.3, -0.25) is 9.59 Å². The van der Waals surface area contributed by atoms with Crippen LogP contribution in [0.3, 0.4) is 0 Å². The summed E-state index contributed by atoms with van der Waals surface area (Å²) in [6.07, 6.45) is 0.00212. The topological polar surface area (TPSA) is 95.9 Å². The summed E-state index contributed by atoms with van der Waals surface area (Å²) >= 11 is 1.79. The van der Waals surface area contributed by atoms with Crippen LogP contribution in [0.15, 0.2) is 48.5 Å². The highest BCUT2D eigenvalue weighted by molar-refractivity contribution is 7.99. The van der Waals surface area contributed by atoms with Crippen molar-refractivity contribution in [3.8, 4) is 11.1 Å². The molecule has 0 radical (unpaired) electrons. The molecule has 0 aromatic heterocycles. The van der Waals surface area contributed by atoms with Crippen molar-refractivity contribution >= 4 is 29.7 Å². The third-order valence-electron chi connectivity index (χ3n) is 6.11. The lowest BCUT2D eigenvalue weighted by Gasteiger charge is -2.26. The number of hydrogen-bond acceptors (Lipinski definition) is 5. The Hall–Kier alpha value is -3.00. The Labute approximate surface area is 197 Å². The predicted molar refractivity (Wildman–Crippen MR) is 127 cm³/mol. The lowest BCUT2D eigenvalue weighted by Crippen LogP contribution is -2.49. The van der Waals surface area contributed by atoms with Crippen molar-refractivity contribution in [1.82, 2.24) is 10.2 Å². The van der Waals surface area contributed by atoms with Crippen LogP contribution in [0.2, 0.25) is 0 Å². The average molecular weight is 469 g/mol. The van der Waals surface area contributed by atoms with Crippen LogP contribution < -0.4 is 5.32 Å². The van der Waals surface area contributed by atoms with E-state index in [1.54, 1.807) is 16.7 Å². The second-order valence-corrected chi connectivity index (χ2v) is 9.47. The first kappa shape index (κ1) is 23.2. The zero-order valence-corrected chi connectivity index (χ0v) is 19.2. The van der Waals surface area contributed by atoms with Gasteiger partial charge in [-0.1, -0.05) is 48.5 Å². The van der Waals surface area contributed by atoms with E-state index >= 15 is 0 Å². The van der Waals surface area contributed by atoms with Crippen molar-refractivity contribution < 1.29 is 24.2 Å². The maximum Gasteiger partial charge on any atom is 0.407 e. The Morgan fingerprint density at radius 1 is 1.03 bits per heavy atom. The van der Waals surface area contributed by atoms with Crippen LogP contribution >= 0.6 is 11.8 Å². The lowest BCUT2D eigenvalue weighted by molar-refractivity contribution is -0.138. The van der Waals surface area contributed by atoms with Crippen molar-refractivity contribution in [2.45, 2.75) is 31.2 Å². The molecule has 4 rings (SSSR count). The summed E-state index contributed by atoms with van der Waals surface area (Å²) in [7, 11) is 0. The smallest absolute Gasteiger partial charge is 0.407 e. The van der Waals surface area contributed by atoms with Crippen molar-refractivity contribution in [1.29, 1.82) is 0 Å². The fourth-order valence-electron chi connectivity index (χ4n) is 4.49. The summed E-state index contributed by atoms with van der Waals surface area (Å²) in [6.45, 7) is 1.35. The van der Waals surface area contributed by atoms with Crippen molar-refractivity contribution in [2.75, 3.05) is 31.2 Å². The number of amides is 2. The molecule has 8 heteroatoms. The van der Waals surface area contributed by atoms with E-state index in [-0.39, 0.29) is 31.3 Å². The number of aliphatic carboxylic acids is 1. The maximum absolute atomic E-state index is 13.0. The number of ether oxygens (including phenoxy) is 1. The standard InChI is InChI=1S/C25H28N2O5S/c28-23(29)11-10-22(24(30)27-12-5-14-33-15-13-27)26-25(31)32-16-21-19-8-3-1-6-17(19)18-7-2-4-9-20(18)21/h1-4,6-9,21-22H,5,10-16H2,(H,26,31)(H,28,29). The van der Waals surface area contributed by atoms with Gasteiger partial charge in [0.2, 0.25) is 5.91 Å². The van der Waals surface area contributed by atoms with Gasteiger partial charge in [0.05, 0.1) is 0 Å². The Morgan fingerprint density at radius 2 is 1.70 bits per heavy atom. The molecular weight excluding hydrogens is 440 g/mol. The molecule has 1 unspecified atom stereocenters. The quantitative estimate of drug-likeness (QED) is 0.643. The van der Waals surface area contributed by atoms with E-state index in [0.717, 1.165) is 40.2 Å². The summed E-state index contributed by atoms with van der Waals surface area (Å²) in [4.78, 5) is 38.5. The molecule has 2 aromatic rings. The molecule has 1 aliphatic carbocycles. The molecule has 0 saturated carbocycles. The first-order valence-corrected chi connectivity index (χ1v) is 12.4. The molecule has 1 aliphatic heterocycles. The fraction of sp³-hybridized carbons (Fsp3) is 0.400. The number of rotatable bonds is 7. The van der Waals surface area contributed by atoms with Gasteiger partial charge < -0.3 is 20.1 Å². The minimum absolute atomic E-state index is 0.0298. The van der Waals surface area contributed by atoms with E-state index in [2.05, 4.69) is 17.4 Å². The van der Waals surface area contributed by atoms with Crippen LogP contribution in [0.5, 0.6) is 0 Å². The monoisotopic (exact) mass is 468 g/mol. The van der Waals surface area contributed by atoms with E-state index in [0.29, 0.717) is 13.1 Å². The first-order chi connectivity index (χ1) is 16.0. The van der Waals surface area contributed by atoms with Gasteiger partial charge >= 0.3 is 12.1 Å². The summed E-state index contributed by atoms with van der Waals surface area (Å²) < 4.78 is 5.57. The normalized spacial score (nSPS) is 16.3. The molecule has 33 heavy (non-hydrogen) atoms. The lowest BCUT2D eigenvalue weighted by atomic mass is 9.98. The second-order valence-electron chi connectivity index (χ2n) is 8.25. The van der Waals surface area contributed by atoms with E-state index in [1.807, 2.05) is 36.4 Å². The van der Waals surface area contributed by atoms with Gasteiger partial charge in [0.1, 0.15) is 12.6 Å². The molecule has 2 amide bonds. The number of benzene rings is 2. The summed E-state index contributed by atoms with van der Waals surface area (Å²) in [5, 5.41) is 11.7. The van der Waals surface area contributed by atoms with Crippen molar-refractivity contribution in [2.24, 2.45) is 0 Å². The zero-order valence-electron chi connectivity index (χ0n) is 18.4. The van der Waals surface area contributed by atoms with Gasteiger partial charge in [-0.15, -0.1) is 0 Å². The SMILES string of the molecule is O=C(O)CCC(NC(=O)OCC1c2ccccc2-c2ccccc21)C(=O)N1CCCSCC1. The highest BCUT2D eigenvalue weighted by Crippen LogP contribution is 2.44. The molecule has 2 aromatic carbocycles. The summed E-state index contributed by atoms with van der Waals surface area (Å²) in [6, 6.07) is 15.2. The number of carbonyl (C=O) groups excluding carboxylic acids is 2.